The minimum atomic E-state index is -4.51. The van der Waals surface area contributed by atoms with E-state index < -0.39 is 30.5 Å². The van der Waals surface area contributed by atoms with Crippen LogP contribution in [0.1, 0.15) is 27.1 Å². The molecule has 0 unspecified atom stereocenters. The second-order valence-electron chi connectivity index (χ2n) is 6.01. The van der Waals surface area contributed by atoms with Crippen LogP contribution in [0.5, 0.6) is 5.75 Å². The van der Waals surface area contributed by atoms with Crippen LogP contribution in [0.2, 0.25) is 0 Å². The summed E-state index contributed by atoms with van der Waals surface area (Å²) >= 11 is 0. The van der Waals surface area contributed by atoms with E-state index in [-0.39, 0.29) is 35.5 Å². The number of nitrogens with zero attached hydrogens (tertiary/aromatic N) is 1. The zero-order valence-electron chi connectivity index (χ0n) is 14.5. The molecule has 2 aromatic carbocycles. The van der Waals surface area contributed by atoms with Crippen LogP contribution in [0.3, 0.4) is 0 Å². The summed E-state index contributed by atoms with van der Waals surface area (Å²) in [6, 6.07) is 12.0. The Hall–Kier alpha value is -3.36. The summed E-state index contributed by atoms with van der Waals surface area (Å²) < 4.78 is 41.7. The van der Waals surface area contributed by atoms with E-state index >= 15 is 0 Å². The first-order valence-electron chi connectivity index (χ1n) is 8.30. The van der Waals surface area contributed by atoms with Gasteiger partial charge in [-0.05, 0) is 24.3 Å². The van der Waals surface area contributed by atoms with Gasteiger partial charge < -0.3 is 10.1 Å². The van der Waals surface area contributed by atoms with Crippen LogP contribution in [-0.2, 0) is 4.79 Å². The Morgan fingerprint density at radius 1 is 0.964 bits per heavy atom. The van der Waals surface area contributed by atoms with E-state index in [1.54, 1.807) is 12.1 Å². The third-order valence-corrected chi connectivity index (χ3v) is 3.99. The lowest BCUT2D eigenvalue weighted by Crippen LogP contribution is -2.33. The lowest BCUT2D eigenvalue weighted by Gasteiger charge is -2.15. The number of amides is 3. The van der Waals surface area contributed by atoms with Crippen molar-refractivity contribution in [2.24, 2.45) is 0 Å². The average molecular weight is 392 g/mol. The lowest BCUT2D eigenvalue weighted by atomic mass is 10.1. The summed E-state index contributed by atoms with van der Waals surface area (Å²) in [4.78, 5) is 37.7. The highest BCUT2D eigenvalue weighted by Gasteiger charge is 2.35. The number of nitrogens with one attached hydrogen (secondary N) is 1. The summed E-state index contributed by atoms with van der Waals surface area (Å²) in [5, 5.41) is 2.44. The van der Waals surface area contributed by atoms with Gasteiger partial charge >= 0.3 is 6.18 Å². The Kier molecular flexibility index (Phi) is 5.34. The third kappa shape index (κ3) is 4.30. The van der Waals surface area contributed by atoms with Crippen molar-refractivity contribution in [3.8, 4) is 5.75 Å². The number of fused-ring (bicyclic) bond motifs is 1. The number of imide groups is 1. The smallest absolute Gasteiger partial charge is 0.422 e. The van der Waals surface area contributed by atoms with Gasteiger partial charge in [0.2, 0.25) is 5.91 Å². The van der Waals surface area contributed by atoms with Gasteiger partial charge in [0, 0.05) is 13.0 Å². The predicted molar refractivity (Wildman–Crippen MR) is 93.0 cm³/mol. The quantitative estimate of drug-likeness (QED) is 0.766. The first kappa shape index (κ1) is 19.4. The standard InChI is InChI=1S/C19H15F3N2O4/c20-19(21,22)11-28-15-8-4-3-7-14(15)23-16(25)9-10-24-17(26)12-5-1-2-6-13(12)18(24)27/h1-8H,9-11H2,(H,23,25). The van der Waals surface area contributed by atoms with Crippen molar-refractivity contribution in [3.05, 3.63) is 59.7 Å². The first-order chi connectivity index (χ1) is 13.3. The molecule has 9 heteroatoms. The van der Waals surface area contributed by atoms with Crippen molar-refractivity contribution >= 4 is 23.4 Å². The Balaban J connectivity index is 1.60. The Labute approximate surface area is 157 Å². The van der Waals surface area contributed by atoms with Crippen LogP contribution in [-0.4, -0.2) is 41.9 Å². The van der Waals surface area contributed by atoms with Crippen LogP contribution in [0, 0.1) is 0 Å². The van der Waals surface area contributed by atoms with Gasteiger partial charge in [0.15, 0.2) is 6.61 Å². The first-order valence-corrected chi connectivity index (χ1v) is 8.30. The van der Waals surface area contributed by atoms with Crippen molar-refractivity contribution in [1.82, 2.24) is 4.90 Å². The van der Waals surface area contributed by atoms with E-state index in [1.807, 2.05) is 0 Å². The number of halogens is 3. The molecule has 0 aliphatic carbocycles. The molecule has 0 spiro atoms. The third-order valence-electron chi connectivity index (χ3n) is 3.99. The SMILES string of the molecule is O=C(CCN1C(=O)c2ccccc2C1=O)Nc1ccccc1OCC(F)(F)F. The molecule has 1 aliphatic rings. The molecule has 1 heterocycles. The number of hydrogen-bond acceptors (Lipinski definition) is 4. The number of anilines is 1. The van der Waals surface area contributed by atoms with Crippen molar-refractivity contribution in [2.75, 3.05) is 18.5 Å². The Morgan fingerprint density at radius 2 is 1.54 bits per heavy atom. The van der Waals surface area contributed by atoms with Gasteiger partial charge in [-0.1, -0.05) is 24.3 Å². The van der Waals surface area contributed by atoms with Gasteiger partial charge in [0.25, 0.3) is 11.8 Å². The van der Waals surface area contributed by atoms with Crippen LogP contribution in [0.4, 0.5) is 18.9 Å². The van der Waals surface area contributed by atoms with Gasteiger partial charge in [-0.15, -0.1) is 0 Å². The summed E-state index contributed by atoms with van der Waals surface area (Å²) in [5.41, 5.74) is 0.622. The second kappa shape index (κ2) is 7.71. The van der Waals surface area contributed by atoms with Crippen LogP contribution >= 0.6 is 0 Å². The maximum absolute atomic E-state index is 12.3. The fourth-order valence-electron chi connectivity index (χ4n) is 2.72. The molecule has 3 rings (SSSR count). The molecular formula is C19H15F3N2O4. The fourth-order valence-corrected chi connectivity index (χ4v) is 2.72. The molecule has 3 amide bonds. The topological polar surface area (TPSA) is 75.7 Å². The number of carbonyl (C=O) groups is 3. The molecule has 0 bridgehead atoms. The van der Waals surface area contributed by atoms with E-state index in [2.05, 4.69) is 5.32 Å². The monoisotopic (exact) mass is 392 g/mol. The van der Waals surface area contributed by atoms with E-state index in [4.69, 9.17) is 4.74 Å². The van der Waals surface area contributed by atoms with Crippen molar-refractivity contribution in [2.45, 2.75) is 12.6 Å². The number of carbonyl (C=O) groups excluding carboxylic acids is 3. The minimum absolute atomic E-state index is 0.0686. The number of hydrogen-bond donors (Lipinski definition) is 1. The zero-order valence-corrected chi connectivity index (χ0v) is 14.5. The highest BCUT2D eigenvalue weighted by atomic mass is 19.4. The van der Waals surface area contributed by atoms with Gasteiger partial charge in [-0.25, -0.2) is 0 Å². The molecule has 6 nitrogen and oxygen atoms in total. The number of benzene rings is 2. The highest BCUT2D eigenvalue weighted by Crippen LogP contribution is 2.27. The van der Waals surface area contributed by atoms with Crippen LogP contribution < -0.4 is 10.1 Å². The molecule has 0 saturated carbocycles. The number of rotatable bonds is 6. The van der Waals surface area contributed by atoms with Crippen molar-refractivity contribution < 1.29 is 32.3 Å². The zero-order chi connectivity index (χ0) is 20.3. The molecule has 146 valence electrons. The maximum atomic E-state index is 12.3. The van der Waals surface area contributed by atoms with Gasteiger partial charge in [0.1, 0.15) is 5.75 Å². The molecule has 2 aromatic rings. The van der Waals surface area contributed by atoms with E-state index in [0.717, 1.165) is 4.90 Å². The summed E-state index contributed by atoms with van der Waals surface area (Å²) in [7, 11) is 0. The fraction of sp³-hybridized carbons (Fsp3) is 0.211. The van der Waals surface area contributed by atoms with E-state index in [1.165, 1.54) is 36.4 Å². The number of alkyl halides is 3. The molecule has 1 aliphatic heterocycles. The van der Waals surface area contributed by atoms with E-state index in [0.29, 0.717) is 0 Å². The summed E-state index contributed by atoms with van der Waals surface area (Å²) in [5.74, 6) is -1.67. The normalized spacial score (nSPS) is 13.5. The molecule has 0 atom stereocenters. The molecule has 1 N–H and O–H groups in total. The second-order valence-corrected chi connectivity index (χ2v) is 6.01. The minimum Gasteiger partial charge on any atom is -0.482 e. The van der Waals surface area contributed by atoms with Gasteiger partial charge in [-0.2, -0.15) is 13.2 Å². The van der Waals surface area contributed by atoms with Crippen molar-refractivity contribution in [3.63, 3.8) is 0 Å². The van der Waals surface area contributed by atoms with Gasteiger partial charge in [-0.3, -0.25) is 19.3 Å². The Bertz CT molecular complexity index is 892. The highest BCUT2D eigenvalue weighted by molar-refractivity contribution is 6.21. The van der Waals surface area contributed by atoms with Gasteiger partial charge in [0.05, 0.1) is 16.8 Å². The maximum Gasteiger partial charge on any atom is 0.422 e. The number of para-hydroxylation sites is 2. The lowest BCUT2D eigenvalue weighted by molar-refractivity contribution is -0.153. The summed E-state index contributed by atoms with van der Waals surface area (Å²) in [6.45, 7) is -1.64. The van der Waals surface area contributed by atoms with Crippen LogP contribution in [0.25, 0.3) is 0 Å². The van der Waals surface area contributed by atoms with Crippen molar-refractivity contribution in [1.29, 1.82) is 0 Å². The molecule has 28 heavy (non-hydrogen) atoms. The molecule has 0 fully saturated rings. The largest absolute Gasteiger partial charge is 0.482 e. The average Bonchev–Trinajstić information content (AvgIpc) is 2.89. The van der Waals surface area contributed by atoms with E-state index in [9.17, 15) is 27.6 Å². The summed E-state index contributed by atoms with van der Waals surface area (Å²) in [6.07, 6.45) is -4.72. The molecule has 0 aromatic heterocycles. The number of ether oxygens (including phenoxy) is 1. The van der Waals surface area contributed by atoms with Crippen LogP contribution in [0.15, 0.2) is 48.5 Å². The molecular weight excluding hydrogens is 377 g/mol. The molecule has 0 saturated heterocycles. The Morgan fingerprint density at radius 3 is 2.14 bits per heavy atom. The molecule has 0 radical (unpaired) electrons. The predicted octanol–water partition coefficient (Wildman–Crippen LogP) is 3.25.